The molecule has 0 radical (unpaired) electrons. The van der Waals surface area contributed by atoms with E-state index in [0.29, 0.717) is 24.9 Å². The highest BCUT2D eigenvalue weighted by atomic mass is 16.4. The number of amides is 1. The second-order valence-electron chi connectivity index (χ2n) is 4.41. The van der Waals surface area contributed by atoms with Crippen LogP contribution in [0, 0.1) is 0 Å². The lowest BCUT2D eigenvalue weighted by atomic mass is 10.0. The number of carboxylic acid groups (broad SMARTS) is 1. The van der Waals surface area contributed by atoms with Gasteiger partial charge in [0.05, 0.1) is 0 Å². The van der Waals surface area contributed by atoms with E-state index < -0.39 is 12.0 Å². The van der Waals surface area contributed by atoms with Gasteiger partial charge in [0.25, 0.3) is 5.91 Å². The summed E-state index contributed by atoms with van der Waals surface area (Å²) in [5.41, 5.74) is 0.623. The van der Waals surface area contributed by atoms with Crippen molar-refractivity contribution in [3.8, 4) is 0 Å². The van der Waals surface area contributed by atoms with Gasteiger partial charge in [-0.05, 0) is 25.0 Å². The molecular weight excluding hydrogens is 232 g/mol. The van der Waals surface area contributed by atoms with Crippen molar-refractivity contribution >= 4 is 11.9 Å². The molecule has 96 valence electrons. The van der Waals surface area contributed by atoms with Crippen LogP contribution in [0.3, 0.4) is 0 Å². The van der Waals surface area contributed by atoms with Crippen LogP contribution in [0.5, 0.6) is 0 Å². The number of piperidine rings is 1. The SMILES string of the molecule is O=C(N[C@H]1CC[C@H](C(=O)O)NC1)c1ccccc1. The fourth-order valence-electron chi connectivity index (χ4n) is 2.05. The second kappa shape index (κ2) is 5.64. The van der Waals surface area contributed by atoms with Gasteiger partial charge in [0.2, 0.25) is 0 Å². The molecule has 0 saturated carbocycles. The number of benzene rings is 1. The topological polar surface area (TPSA) is 78.4 Å². The summed E-state index contributed by atoms with van der Waals surface area (Å²) in [6.45, 7) is 0.496. The van der Waals surface area contributed by atoms with Gasteiger partial charge in [0.1, 0.15) is 6.04 Å². The summed E-state index contributed by atoms with van der Waals surface area (Å²) in [5.74, 6) is -0.945. The van der Waals surface area contributed by atoms with E-state index >= 15 is 0 Å². The third kappa shape index (κ3) is 3.07. The van der Waals surface area contributed by atoms with Crippen LogP contribution in [0.1, 0.15) is 23.2 Å². The highest BCUT2D eigenvalue weighted by molar-refractivity contribution is 5.94. The van der Waals surface area contributed by atoms with Crippen LogP contribution in [0.2, 0.25) is 0 Å². The first-order chi connectivity index (χ1) is 8.66. The minimum absolute atomic E-state index is 0.00620. The molecular formula is C13H16N2O3. The molecule has 0 bridgehead atoms. The molecule has 0 unspecified atom stereocenters. The summed E-state index contributed by atoms with van der Waals surface area (Å²) in [4.78, 5) is 22.6. The number of hydrogen-bond acceptors (Lipinski definition) is 3. The Kier molecular flexibility index (Phi) is 3.94. The molecule has 1 aromatic rings. The van der Waals surface area contributed by atoms with E-state index in [1.54, 1.807) is 12.1 Å². The molecule has 1 saturated heterocycles. The Balaban J connectivity index is 1.85. The molecule has 1 aromatic carbocycles. The smallest absolute Gasteiger partial charge is 0.320 e. The second-order valence-corrected chi connectivity index (χ2v) is 4.41. The molecule has 1 aliphatic heterocycles. The zero-order valence-electron chi connectivity index (χ0n) is 9.93. The molecule has 5 nitrogen and oxygen atoms in total. The van der Waals surface area contributed by atoms with Crippen LogP contribution >= 0.6 is 0 Å². The van der Waals surface area contributed by atoms with Crippen molar-refractivity contribution in [2.24, 2.45) is 0 Å². The Bertz CT molecular complexity index is 425. The van der Waals surface area contributed by atoms with Gasteiger partial charge in [0, 0.05) is 18.2 Å². The Morgan fingerprint density at radius 3 is 2.50 bits per heavy atom. The van der Waals surface area contributed by atoms with E-state index in [0.717, 1.165) is 0 Å². The Hall–Kier alpha value is -1.88. The molecule has 5 heteroatoms. The monoisotopic (exact) mass is 248 g/mol. The number of carbonyl (C=O) groups is 2. The molecule has 0 aromatic heterocycles. The zero-order valence-corrected chi connectivity index (χ0v) is 9.93. The molecule has 18 heavy (non-hydrogen) atoms. The lowest BCUT2D eigenvalue weighted by molar-refractivity contribution is -0.140. The van der Waals surface area contributed by atoms with Gasteiger partial charge in [-0.2, -0.15) is 0 Å². The van der Waals surface area contributed by atoms with Gasteiger partial charge in [-0.1, -0.05) is 18.2 Å². The molecule has 1 amide bonds. The van der Waals surface area contributed by atoms with Gasteiger partial charge in [0.15, 0.2) is 0 Å². The third-order valence-electron chi connectivity index (χ3n) is 3.08. The van der Waals surface area contributed by atoms with E-state index in [9.17, 15) is 9.59 Å². The van der Waals surface area contributed by atoms with Crippen molar-refractivity contribution in [2.75, 3.05) is 6.54 Å². The lowest BCUT2D eigenvalue weighted by Gasteiger charge is -2.28. The van der Waals surface area contributed by atoms with Gasteiger partial charge >= 0.3 is 5.97 Å². The lowest BCUT2D eigenvalue weighted by Crippen LogP contribution is -2.51. The van der Waals surface area contributed by atoms with Gasteiger partial charge < -0.3 is 15.7 Å². The van der Waals surface area contributed by atoms with Crippen LogP contribution in [0.15, 0.2) is 30.3 Å². The van der Waals surface area contributed by atoms with E-state index in [1.165, 1.54) is 0 Å². The maximum absolute atomic E-state index is 11.9. The van der Waals surface area contributed by atoms with E-state index in [-0.39, 0.29) is 11.9 Å². The van der Waals surface area contributed by atoms with Crippen molar-refractivity contribution in [2.45, 2.75) is 24.9 Å². The first-order valence-electron chi connectivity index (χ1n) is 5.99. The van der Waals surface area contributed by atoms with E-state index in [4.69, 9.17) is 5.11 Å². The minimum atomic E-state index is -0.831. The summed E-state index contributed by atoms with van der Waals surface area (Å²) in [5, 5.41) is 14.6. The number of aliphatic carboxylic acids is 1. The maximum atomic E-state index is 11.9. The number of hydrogen-bond donors (Lipinski definition) is 3. The molecule has 3 N–H and O–H groups in total. The molecule has 1 aliphatic rings. The van der Waals surface area contributed by atoms with Gasteiger partial charge in [-0.3, -0.25) is 9.59 Å². The zero-order chi connectivity index (χ0) is 13.0. The van der Waals surface area contributed by atoms with Crippen molar-refractivity contribution in [1.29, 1.82) is 0 Å². The largest absolute Gasteiger partial charge is 0.480 e. The average Bonchev–Trinajstić information content (AvgIpc) is 2.40. The van der Waals surface area contributed by atoms with E-state index in [1.807, 2.05) is 18.2 Å². The van der Waals surface area contributed by atoms with Crippen LogP contribution in [-0.4, -0.2) is 35.6 Å². The maximum Gasteiger partial charge on any atom is 0.320 e. The van der Waals surface area contributed by atoms with Gasteiger partial charge in [-0.15, -0.1) is 0 Å². The fraction of sp³-hybridized carbons (Fsp3) is 0.385. The van der Waals surface area contributed by atoms with Crippen LogP contribution in [0.4, 0.5) is 0 Å². The van der Waals surface area contributed by atoms with Gasteiger partial charge in [-0.25, -0.2) is 0 Å². The molecule has 0 spiro atoms. The number of rotatable bonds is 3. The standard InChI is InChI=1S/C13H16N2O3/c16-12(9-4-2-1-3-5-9)15-10-6-7-11(13(17)18)14-8-10/h1-5,10-11,14H,6-8H2,(H,15,16)(H,17,18)/t10-,11+/m0/s1. The van der Waals surface area contributed by atoms with Crippen LogP contribution in [0.25, 0.3) is 0 Å². The summed E-state index contributed by atoms with van der Waals surface area (Å²) >= 11 is 0. The minimum Gasteiger partial charge on any atom is -0.480 e. The average molecular weight is 248 g/mol. The molecule has 2 atom stereocenters. The van der Waals surface area contributed by atoms with E-state index in [2.05, 4.69) is 10.6 Å². The van der Waals surface area contributed by atoms with Crippen LogP contribution < -0.4 is 10.6 Å². The molecule has 2 rings (SSSR count). The molecule has 0 aliphatic carbocycles. The van der Waals surface area contributed by atoms with Crippen molar-refractivity contribution in [3.63, 3.8) is 0 Å². The Labute approximate surface area is 105 Å². The Morgan fingerprint density at radius 1 is 1.22 bits per heavy atom. The summed E-state index contributed by atoms with van der Waals surface area (Å²) < 4.78 is 0. The highest BCUT2D eigenvalue weighted by Gasteiger charge is 2.26. The summed E-state index contributed by atoms with van der Waals surface area (Å²) in [7, 11) is 0. The van der Waals surface area contributed by atoms with Crippen molar-refractivity contribution in [1.82, 2.24) is 10.6 Å². The summed E-state index contributed by atoms with van der Waals surface area (Å²) in [6.07, 6.45) is 1.22. The molecule has 1 fully saturated rings. The summed E-state index contributed by atoms with van der Waals surface area (Å²) in [6, 6.07) is 8.50. The predicted octanol–water partition coefficient (Wildman–Crippen LogP) is 0.622. The first-order valence-corrected chi connectivity index (χ1v) is 5.99. The highest BCUT2D eigenvalue weighted by Crippen LogP contribution is 2.09. The molecule has 1 heterocycles. The van der Waals surface area contributed by atoms with Crippen molar-refractivity contribution < 1.29 is 14.7 Å². The first kappa shape index (κ1) is 12.6. The number of carbonyl (C=O) groups excluding carboxylic acids is 1. The van der Waals surface area contributed by atoms with Crippen LogP contribution in [-0.2, 0) is 4.79 Å². The Morgan fingerprint density at radius 2 is 1.94 bits per heavy atom. The number of nitrogens with one attached hydrogen (secondary N) is 2. The predicted molar refractivity (Wildman–Crippen MR) is 66.4 cm³/mol. The van der Waals surface area contributed by atoms with Crippen molar-refractivity contribution in [3.05, 3.63) is 35.9 Å². The number of carboxylic acids is 1. The quantitative estimate of drug-likeness (QED) is 0.732. The third-order valence-corrected chi connectivity index (χ3v) is 3.08. The fourth-order valence-corrected chi connectivity index (χ4v) is 2.05. The normalized spacial score (nSPS) is 23.3.